The van der Waals surface area contributed by atoms with Crippen molar-refractivity contribution in [1.29, 1.82) is 0 Å². The summed E-state index contributed by atoms with van der Waals surface area (Å²) in [6, 6.07) is 0. The second-order valence-corrected chi connectivity index (χ2v) is 9.17. The highest BCUT2D eigenvalue weighted by molar-refractivity contribution is 4.70. The number of unbranched alkanes of at least 4 members (excludes halogenated alkanes) is 10. The van der Waals surface area contributed by atoms with Gasteiger partial charge in [-0.1, -0.05) is 91.4 Å². The zero-order chi connectivity index (χ0) is 17.6. The third-order valence-electron chi connectivity index (χ3n) is 5.82. The molecule has 0 spiro atoms. The molecular weight excluding hydrogens is 358 g/mol. The van der Waals surface area contributed by atoms with Gasteiger partial charge in [0, 0.05) is 0 Å². The lowest BCUT2D eigenvalue weighted by Gasteiger charge is -2.26. The van der Waals surface area contributed by atoms with E-state index in [-0.39, 0.29) is 17.0 Å². The lowest BCUT2D eigenvalue weighted by molar-refractivity contribution is -0.870. The summed E-state index contributed by atoms with van der Waals surface area (Å²) >= 11 is 0. The van der Waals surface area contributed by atoms with Crippen molar-refractivity contribution in [3.8, 4) is 0 Å². The van der Waals surface area contributed by atoms with Gasteiger partial charge in [-0.3, -0.25) is 0 Å². The molecule has 0 heterocycles. The molecule has 0 rings (SSSR count). The standard InChI is InChI=1S/C22H48N.BrH/c1-7-22(3,8-2)20-18-16-14-12-10-9-11-13-15-17-19-21-23(4,5)6;/h7-21H2,1-6H3;1H/q+1;/p-1. The van der Waals surface area contributed by atoms with Gasteiger partial charge in [0.2, 0.25) is 0 Å². The number of hydrogen-bond acceptors (Lipinski definition) is 0. The van der Waals surface area contributed by atoms with Crippen molar-refractivity contribution in [2.75, 3.05) is 27.7 Å². The molecule has 0 amide bonds. The zero-order valence-electron chi connectivity index (χ0n) is 17.9. The number of rotatable bonds is 16. The van der Waals surface area contributed by atoms with Crippen LogP contribution in [0, 0.1) is 5.41 Å². The van der Waals surface area contributed by atoms with Crippen molar-refractivity contribution >= 4 is 0 Å². The summed E-state index contributed by atoms with van der Waals surface area (Å²) in [5, 5.41) is 0. The van der Waals surface area contributed by atoms with Gasteiger partial charge in [-0.25, -0.2) is 0 Å². The SMILES string of the molecule is CCC(C)(CC)CCCCCCCCCCCCC[N+](C)(C)C.[Br-]. The van der Waals surface area contributed by atoms with Gasteiger partial charge in [0.05, 0.1) is 27.7 Å². The lowest BCUT2D eigenvalue weighted by atomic mass is 9.80. The molecule has 0 saturated carbocycles. The van der Waals surface area contributed by atoms with Crippen molar-refractivity contribution in [3.63, 3.8) is 0 Å². The highest BCUT2D eigenvalue weighted by Gasteiger charge is 2.18. The van der Waals surface area contributed by atoms with E-state index in [4.69, 9.17) is 0 Å². The molecule has 0 aliphatic heterocycles. The molecule has 0 aliphatic rings. The highest BCUT2D eigenvalue weighted by Crippen LogP contribution is 2.31. The zero-order valence-corrected chi connectivity index (χ0v) is 19.5. The van der Waals surface area contributed by atoms with Crippen LogP contribution in [0.1, 0.15) is 111 Å². The van der Waals surface area contributed by atoms with E-state index >= 15 is 0 Å². The van der Waals surface area contributed by atoms with Gasteiger partial charge in [0.1, 0.15) is 0 Å². The second kappa shape index (κ2) is 15.7. The molecule has 148 valence electrons. The first-order valence-electron chi connectivity index (χ1n) is 10.6. The third-order valence-corrected chi connectivity index (χ3v) is 5.82. The molecule has 0 fully saturated rings. The van der Waals surface area contributed by atoms with Gasteiger partial charge in [-0.05, 0) is 24.7 Å². The van der Waals surface area contributed by atoms with Gasteiger partial charge in [0.15, 0.2) is 0 Å². The van der Waals surface area contributed by atoms with E-state index in [1.165, 1.54) is 96.4 Å². The van der Waals surface area contributed by atoms with E-state index in [2.05, 4.69) is 41.9 Å². The van der Waals surface area contributed by atoms with E-state index in [1.807, 2.05) is 0 Å². The number of hydrogen-bond donors (Lipinski definition) is 0. The Labute approximate surface area is 165 Å². The summed E-state index contributed by atoms with van der Waals surface area (Å²) in [7, 11) is 6.89. The van der Waals surface area contributed by atoms with Crippen LogP contribution >= 0.6 is 0 Å². The lowest BCUT2D eigenvalue weighted by Crippen LogP contribution is -3.00. The maximum atomic E-state index is 2.47. The van der Waals surface area contributed by atoms with Crippen LogP contribution < -0.4 is 17.0 Å². The van der Waals surface area contributed by atoms with Gasteiger partial charge in [-0.2, -0.15) is 0 Å². The van der Waals surface area contributed by atoms with Gasteiger partial charge < -0.3 is 21.5 Å². The van der Waals surface area contributed by atoms with Crippen LogP contribution in [0.15, 0.2) is 0 Å². The molecule has 0 bridgehead atoms. The first-order valence-corrected chi connectivity index (χ1v) is 10.6. The smallest absolute Gasteiger partial charge is 0.0780 e. The quantitative estimate of drug-likeness (QED) is 0.266. The van der Waals surface area contributed by atoms with Gasteiger partial charge in [0.25, 0.3) is 0 Å². The summed E-state index contributed by atoms with van der Waals surface area (Å²) in [6.07, 6.45) is 20.1. The van der Waals surface area contributed by atoms with Crippen molar-refractivity contribution in [3.05, 3.63) is 0 Å². The minimum Gasteiger partial charge on any atom is -1.00 e. The molecular formula is C22H48BrN. The number of halogens is 1. The van der Waals surface area contributed by atoms with E-state index in [1.54, 1.807) is 0 Å². The van der Waals surface area contributed by atoms with E-state index in [9.17, 15) is 0 Å². The fourth-order valence-electron chi connectivity index (χ4n) is 3.33. The summed E-state index contributed by atoms with van der Waals surface area (Å²) in [5.41, 5.74) is 0.617. The highest BCUT2D eigenvalue weighted by atomic mass is 79.9. The Balaban J connectivity index is 0. The summed E-state index contributed by atoms with van der Waals surface area (Å²) in [5.74, 6) is 0. The predicted molar refractivity (Wildman–Crippen MR) is 107 cm³/mol. The van der Waals surface area contributed by atoms with E-state index < -0.39 is 0 Å². The number of quaternary nitrogens is 1. The minimum atomic E-state index is 0. The maximum absolute atomic E-state index is 2.47. The predicted octanol–water partition coefficient (Wildman–Crippen LogP) is 4.20. The van der Waals surface area contributed by atoms with Crippen molar-refractivity contribution < 1.29 is 21.5 Å². The topological polar surface area (TPSA) is 0 Å². The average Bonchev–Trinajstić information content (AvgIpc) is 2.50. The normalized spacial score (nSPS) is 12.2. The summed E-state index contributed by atoms with van der Waals surface area (Å²) in [6.45, 7) is 8.50. The third kappa shape index (κ3) is 17.3. The van der Waals surface area contributed by atoms with Crippen molar-refractivity contribution in [2.24, 2.45) is 5.41 Å². The molecule has 0 radical (unpaired) electrons. The largest absolute Gasteiger partial charge is 1.00 e. The molecule has 0 atom stereocenters. The summed E-state index contributed by atoms with van der Waals surface area (Å²) < 4.78 is 1.12. The molecule has 0 unspecified atom stereocenters. The fourth-order valence-corrected chi connectivity index (χ4v) is 3.33. The van der Waals surface area contributed by atoms with E-state index in [0.717, 1.165) is 4.48 Å². The van der Waals surface area contributed by atoms with Crippen LogP contribution in [0.2, 0.25) is 0 Å². The van der Waals surface area contributed by atoms with Crippen LogP contribution in [0.5, 0.6) is 0 Å². The monoisotopic (exact) mass is 405 g/mol. The molecule has 1 nitrogen and oxygen atoms in total. The molecule has 0 aromatic rings. The Morgan fingerprint density at radius 3 is 1.25 bits per heavy atom. The van der Waals surface area contributed by atoms with Crippen LogP contribution in [0.25, 0.3) is 0 Å². The molecule has 0 aromatic heterocycles. The molecule has 0 aromatic carbocycles. The van der Waals surface area contributed by atoms with Crippen LogP contribution in [0.4, 0.5) is 0 Å². The second-order valence-electron chi connectivity index (χ2n) is 9.17. The van der Waals surface area contributed by atoms with Crippen molar-refractivity contribution in [1.82, 2.24) is 0 Å². The Bertz CT molecular complexity index is 253. The molecule has 0 aliphatic carbocycles. The minimum absolute atomic E-state index is 0. The Morgan fingerprint density at radius 1 is 0.583 bits per heavy atom. The van der Waals surface area contributed by atoms with Gasteiger partial charge >= 0.3 is 0 Å². The van der Waals surface area contributed by atoms with Gasteiger partial charge in [-0.15, -0.1) is 0 Å². The van der Waals surface area contributed by atoms with Crippen LogP contribution in [0.3, 0.4) is 0 Å². The maximum Gasteiger partial charge on any atom is 0.0780 e. The molecule has 24 heavy (non-hydrogen) atoms. The molecule has 0 N–H and O–H groups in total. The van der Waals surface area contributed by atoms with Crippen LogP contribution in [-0.2, 0) is 0 Å². The number of nitrogens with zero attached hydrogens (tertiary/aromatic N) is 1. The fraction of sp³-hybridized carbons (Fsp3) is 1.00. The Kier molecular flexibility index (Phi) is 17.4. The van der Waals surface area contributed by atoms with E-state index in [0.29, 0.717) is 5.41 Å². The van der Waals surface area contributed by atoms with Crippen molar-refractivity contribution in [2.45, 2.75) is 111 Å². The summed E-state index contributed by atoms with van der Waals surface area (Å²) in [4.78, 5) is 0. The Morgan fingerprint density at radius 2 is 0.917 bits per heavy atom. The first kappa shape index (κ1) is 26.7. The Hall–Kier alpha value is 0.440. The average molecular weight is 407 g/mol. The van der Waals surface area contributed by atoms with Crippen LogP contribution in [-0.4, -0.2) is 32.2 Å². The first-order chi connectivity index (χ1) is 10.8. The molecule has 0 saturated heterocycles. The molecule has 2 heteroatoms.